The van der Waals surface area contributed by atoms with Gasteiger partial charge in [0, 0.05) is 44.2 Å². The number of sulfone groups is 1. The monoisotopic (exact) mass is 454 g/mol. The maximum Gasteiger partial charge on any atom is 0.234 e. The van der Waals surface area contributed by atoms with E-state index in [0.717, 1.165) is 61.2 Å². The highest BCUT2D eigenvalue weighted by atomic mass is 32.2. The fourth-order valence-electron chi connectivity index (χ4n) is 4.57. The number of amides is 1. The first-order valence-corrected chi connectivity index (χ1v) is 12.9. The van der Waals surface area contributed by atoms with Crippen LogP contribution in [0.2, 0.25) is 0 Å². The van der Waals surface area contributed by atoms with Gasteiger partial charge in [-0.2, -0.15) is 0 Å². The van der Waals surface area contributed by atoms with Crippen LogP contribution in [0.15, 0.2) is 47.0 Å². The van der Waals surface area contributed by atoms with E-state index in [0.29, 0.717) is 24.5 Å². The van der Waals surface area contributed by atoms with Crippen molar-refractivity contribution in [3.63, 3.8) is 0 Å². The van der Waals surface area contributed by atoms with Gasteiger partial charge in [0.2, 0.25) is 5.91 Å². The van der Waals surface area contributed by atoms with Gasteiger partial charge in [-0.1, -0.05) is 17.7 Å². The zero-order chi connectivity index (χ0) is 22.7. The third-order valence-electron chi connectivity index (χ3n) is 6.21. The quantitative estimate of drug-likeness (QED) is 0.710. The van der Waals surface area contributed by atoms with Crippen molar-refractivity contribution in [2.45, 2.75) is 30.6 Å². The fourth-order valence-corrected chi connectivity index (χ4v) is 5.24. The lowest BCUT2D eigenvalue weighted by atomic mass is 9.88. The average molecular weight is 455 g/mol. The van der Waals surface area contributed by atoms with Gasteiger partial charge in [0.25, 0.3) is 0 Å². The Morgan fingerprint density at radius 1 is 1.12 bits per heavy atom. The number of benzene rings is 1. The second-order valence-corrected chi connectivity index (χ2v) is 10.5. The van der Waals surface area contributed by atoms with Crippen molar-refractivity contribution in [3.05, 3.63) is 64.5 Å². The van der Waals surface area contributed by atoms with Crippen LogP contribution in [0.25, 0.3) is 5.57 Å². The molecule has 170 valence electrons. The van der Waals surface area contributed by atoms with Crippen LogP contribution in [-0.2, 0) is 27.5 Å². The standard InChI is InChI=1S/C24H30N4O3S/c1-32(30,31)20-6-7-21-19(15-20)5-4-18-3-2-11-27-24(18)23(21)17-8-13-28(14-9-17)16-22(29)26-12-10-25/h2-3,6-7,11,15H,4-5,8-10,12-14,16,25H2,1H3,(H,26,29). The molecule has 0 unspecified atom stereocenters. The molecule has 0 spiro atoms. The van der Waals surface area contributed by atoms with E-state index in [1.54, 1.807) is 6.07 Å². The predicted octanol–water partition coefficient (Wildman–Crippen LogP) is 1.56. The van der Waals surface area contributed by atoms with Crippen molar-refractivity contribution in [2.75, 3.05) is 39.0 Å². The Labute approximate surface area is 189 Å². The normalized spacial score (nSPS) is 16.8. The van der Waals surface area contributed by atoms with E-state index in [4.69, 9.17) is 10.7 Å². The molecule has 1 aromatic carbocycles. The molecule has 0 saturated carbocycles. The van der Waals surface area contributed by atoms with Crippen molar-refractivity contribution in [3.8, 4) is 0 Å². The lowest BCUT2D eigenvalue weighted by Gasteiger charge is -2.29. The van der Waals surface area contributed by atoms with Crippen molar-refractivity contribution in [2.24, 2.45) is 5.73 Å². The summed E-state index contributed by atoms with van der Waals surface area (Å²) in [5.74, 6) is 0.00619. The van der Waals surface area contributed by atoms with Gasteiger partial charge in [-0.15, -0.1) is 0 Å². The number of hydrogen-bond donors (Lipinski definition) is 2. The summed E-state index contributed by atoms with van der Waals surface area (Å²) in [7, 11) is -3.27. The maximum atomic E-state index is 12.1. The summed E-state index contributed by atoms with van der Waals surface area (Å²) >= 11 is 0. The minimum atomic E-state index is -3.27. The van der Waals surface area contributed by atoms with Crippen LogP contribution in [0.3, 0.4) is 0 Å². The van der Waals surface area contributed by atoms with Gasteiger partial charge in [-0.05, 0) is 60.6 Å². The van der Waals surface area contributed by atoms with E-state index >= 15 is 0 Å². The van der Waals surface area contributed by atoms with Crippen molar-refractivity contribution in [1.29, 1.82) is 0 Å². The number of nitrogens with one attached hydrogen (secondary N) is 1. The van der Waals surface area contributed by atoms with Crippen LogP contribution < -0.4 is 11.1 Å². The molecule has 1 saturated heterocycles. The SMILES string of the molecule is CS(=O)(=O)c1ccc2c(c1)CCc1cccnc1C2=C1CCN(CC(=O)NCCN)CC1. The lowest BCUT2D eigenvalue weighted by Crippen LogP contribution is -2.41. The van der Waals surface area contributed by atoms with Crippen LogP contribution in [0.5, 0.6) is 0 Å². The fraction of sp³-hybridized carbons (Fsp3) is 0.417. The van der Waals surface area contributed by atoms with Gasteiger partial charge in [0.15, 0.2) is 9.84 Å². The molecule has 1 fully saturated rings. The minimum Gasteiger partial charge on any atom is -0.354 e. The van der Waals surface area contributed by atoms with Gasteiger partial charge in [-0.25, -0.2) is 8.42 Å². The molecule has 1 aliphatic heterocycles. The second-order valence-electron chi connectivity index (χ2n) is 8.50. The molecule has 2 heterocycles. The van der Waals surface area contributed by atoms with E-state index in [2.05, 4.69) is 16.3 Å². The molecular weight excluding hydrogens is 424 g/mol. The summed E-state index contributed by atoms with van der Waals surface area (Å²) in [5.41, 5.74) is 12.2. The molecular formula is C24H30N4O3S. The molecule has 8 heteroatoms. The summed E-state index contributed by atoms with van der Waals surface area (Å²) in [6.45, 7) is 2.92. The Bertz CT molecular complexity index is 1150. The summed E-state index contributed by atoms with van der Waals surface area (Å²) in [6.07, 6.45) is 6.38. The van der Waals surface area contributed by atoms with E-state index in [1.165, 1.54) is 17.4 Å². The molecule has 2 aromatic rings. The Kier molecular flexibility index (Phi) is 6.74. The number of nitrogens with zero attached hydrogens (tertiary/aromatic N) is 2. The van der Waals surface area contributed by atoms with E-state index < -0.39 is 9.84 Å². The van der Waals surface area contributed by atoms with Crippen LogP contribution in [-0.4, -0.2) is 63.2 Å². The number of likely N-dealkylation sites (tertiary alicyclic amines) is 1. The highest BCUT2D eigenvalue weighted by Crippen LogP contribution is 2.38. The average Bonchev–Trinajstić information content (AvgIpc) is 2.94. The third-order valence-corrected chi connectivity index (χ3v) is 7.32. The van der Waals surface area contributed by atoms with Gasteiger partial charge >= 0.3 is 0 Å². The number of nitrogens with two attached hydrogens (primary N) is 1. The van der Waals surface area contributed by atoms with Gasteiger partial charge in [0.1, 0.15) is 0 Å². The first kappa shape index (κ1) is 22.6. The van der Waals surface area contributed by atoms with Crippen molar-refractivity contribution >= 4 is 21.3 Å². The summed E-state index contributed by atoms with van der Waals surface area (Å²) in [6, 6.07) is 9.56. The molecule has 0 atom stereocenters. The number of hydrogen-bond acceptors (Lipinski definition) is 6. The van der Waals surface area contributed by atoms with Crippen LogP contribution >= 0.6 is 0 Å². The number of rotatable bonds is 5. The topological polar surface area (TPSA) is 105 Å². The Morgan fingerprint density at radius 3 is 2.59 bits per heavy atom. The number of piperidine rings is 1. The first-order valence-electron chi connectivity index (χ1n) is 11.1. The predicted molar refractivity (Wildman–Crippen MR) is 125 cm³/mol. The van der Waals surface area contributed by atoms with Gasteiger partial charge in [0.05, 0.1) is 17.1 Å². The molecule has 0 bridgehead atoms. The maximum absolute atomic E-state index is 12.1. The number of carbonyl (C=O) groups excluding carboxylic acids is 1. The number of aryl methyl sites for hydroxylation is 2. The smallest absolute Gasteiger partial charge is 0.234 e. The number of aromatic nitrogens is 1. The number of fused-ring (bicyclic) bond motifs is 2. The van der Waals surface area contributed by atoms with E-state index in [-0.39, 0.29) is 5.91 Å². The van der Waals surface area contributed by atoms with Crippen LogP contribution in [0.1, 0.15) is 35.2 Å². The second kappa shape index (κ2) is 9.52. The molecule has 3 N–H and O–H groups in total. The first-order chi connectivity index (χ1) is 15.4. The molecule has 0 radical (unpaired) electrons. The Balaban J connectivity index is 1.67. The molecule has 1 amide bonds. The Hall–Kier alpha value is -2.55. The molecule has 2 aliphatic rings. The van der Waals surface area contributed by atoms with Gasteiger partial charge in [-0.3, -0.25) is 14.7 Å². The zero-order valence-electron chi connectivity index (χ0n) is 18.4. The highest BCUT2D eigenvalue weighted by Gasteiger charge is 2.26. The molecule has 1 aromatic heterocycles. The highest BCUT2D eigenvalue weighted by molar-refractivity contribution is 7.90. The van der Waals surface area contributed by atoms with Gasteiger partial charge < -0.3 is 11.1 Å². The lowest BCUT2D eigenvalue weighted by molar-refractivity contribution is -0.122. The molecule has 7 nitrogen and oxygen atoms in total. The van der Waals surface area contributed by atoms with E-state index in [1.807, 2.05) is 24.4 Å². The van der Waals surface area contributed by atoms with Crippen molar-refractivity contribution < 1.29 is 13.2 Å². The molecule has 4 rings (SSSR count). The summed E-state index contributed by atoms with van der Waals surface area (Å²) in [4.78, 5) is 19.3. The molecule has 32 heavy (non-hydrogen) atoms. The third kappa shape index (κ3) is 4.92. The summed E-state index contributed by atoms with van der Waals surface area (Å²) in [5, 5.41) is 2.83. The largest absolute Gasteiger partial charge is 0.354 e. The minimum absolute atomic E-state index is 0.00619. The van der Waals surface area contributed by atoms with Crippen molar-refractivity contribution in [1.82, 2.24) is 15.2 Å². The number of pyridine rings is 1. The molecule has 1 aliphatic carbocycles. The summed E-state index contributed by atoms with van der Waals surface area (Å²) < 4.78 is 24.3. The number of carbonyl (C=O) groups is 1. The van der Waals surface area contributed by atoms with Crippen LogP contribution in [0.4, 0.5) is 0 Å². The Morgan fingerprint density at radius 2 is 1.88 bits per heavy atom. The van der Waals surface area contributed by atoms with E-state index in [9.17, 15) is 13.2 Å². The van der Waals surface area contributed by atoms with Crippen LogP contribution in [0, 0.1) is 0 Å². The zero-order valence-corrected chi connectivity index (χ0v) is 19.2.